The van der Waals surface area contributed by atoms with Crippen LogP contribution in [0.3, 0.4) is 0 Å². The second-order valence-corrected chi connectivity index (χ2v) is 7.09. The van der Waals surface area contributed by atoms with Crippen LogP contribution in [0.2, 0.25) is 0 Å². The van der Waals surface area contributed by atoms with Crippen LogP contribution in [0.5, 0.6) is 0 Å². The SMILES string of the molecule is Cc1ccn(-c2cc(NCCNS(=O)(=O)CCC(F)(F)F)ncn2)n1. The van der Waals surface area contributed by atoms with E-state index in [4.69, 9.17) is 0 Å². The molecule has 2 rings (SSSR count). The van der Waals surface area contributed by atoms with Gasteiger partial charge in [-0.2, -0.15) is 18.3 Å². The molecular formula is C13H17F3N6O2S. The van der Waals surface area contributed by atoms with Crippen molar-refractivity contribution >= 4 is 15.8 Å². The van der Waals surface area contributed by atoms with Crippen LogP contribution in [0.1, 0.15) is 12.1 Å². The number of aryl methyl sites for hydroxylation is 1. The molecule has 138 valence electrons. The summed E-state index contributed by atoms with van der Waals surface area (Å²) in [6, 6.07) is 3.43. The Morgan fingerprint density at radius 1 is 1.24 bits per heavy atom. The van der Waals surface area contributed by atoms with Crippen molar-refractivity contribution < 1.29 is 21.6 Å². The zero-order chi connectivity index (χ0) is 18.5. The summed E-state index contributed by atoms with van der Waals surface area (Å²) in [6.07, 6.45) is -2.83. The highest BCUT2D eigenvalue weighted by Gasteiger charge is 2.29. The van der Waals surface area contributed by atoms with Crippen molar-refractivity contribution in [1.82, 2.24) is 24.5 Å². The van der Waals surface area contributed by atoms with Crippen molar-refractivity contribution in [3.05, 3.63) is 30.4 Å². The maximum absolute atomic E-state index is 12.0. The van der Waals surface area contributed by atoms with Crippen molar-refractivity contribution in [3.63, 3.8) is 0 Å². The quantitative estimate of drug-likeness (QED) is 0.671. The monoisotopic (exact) mass is 378 g/mol. The van der Waals surface area contributed by atoms with E-state index in [1.165, 1.54) is 6.33 Å². The van der Waals surface area contributed by atoms with E-state index in [9.17, 15) is 21.6 Å². The molecule has 0 unspecified atom stereocenters. The van der Waals surface area contributed by atoms with Gasteiger partial charge in [-0.05, 0) is 13.0 Å². The van der Waals surface area contributed by atoms with Crippen LogP contribution in [-0.2, 0) is 10.0 Å². The van der Waals surface area contributed by atoms with Gasteiger partial charge in [0, 0.05) is 25.4 Å². The smallest absolute Gasteiger partial charge is 0.369 e. The van der Waals surface area contributed by atoms with Gasteiger partial charge in [0.15, 0.2) is 5.82 Å². The maximum Gasteiger partial charge on any atom is 0.390 e. The van der Waals surface area contributed by atoms with E-state index >= 15 is 0 Å². The number of aromatic nitrogens is 4. The van der Waals surface area contributed by atoms with Crippen LogP contribution >= 0.6 is 0 Å². The lowest BCUT2D eigenvalue weighted by Gasteiger charge is -2.10. The van der Waals surface area contributed by atoms with Gasteiger partial charge in [-0.1, -0.05) is 0 Å². The first kappa shape index (κ1) is 19.1. The summed E-state index contributed by atoms with van der Waals surface area (Å²) in [5, 5.41) is 7.07. The van der Waals surface area contributed by atoms with Gasteiger partial charge >= 0.3 is 6.18 Å². The van der Waals surface area contributed by atoms with Crippen LogP contribution in [0.15, 0.2) is 24.7 Å². The summed E-state index contributed by atoms with van der Waals surface area (Å²) in [5.74, 6) is -0.0312. The van der Waals surface area contributed by atoms with Crippen LogP contribution in [0.25, 0.3) is 5.82 Å². The molecule has 0 saturated carbocycles. The molecular weight excluding hydrogens is 361 g/mol. The van der Waals surface area contributed by atoms with Gasteiger partial charge in [-0.15, -0.1) is 0 Å². The first-order valence-corrected chi connectivity index (χ1v) is 8.92. The number of anilines is 1. The zero-order valence-electron chi connectivity index (χ0n) is 13.3. The number of hydrogen-bond acceptors (Lipinski definition) is 6. The molecule has 0 amide bonds. The van der Waals surface area contributed by atoms with Crippen molar-refractivity contribution in [2.24, 2.45) is 0 Å². The fourth-order valence-corrected chi connectivity index (χ4v) is 2.89. The van der Waals surface area contributed by atoms with E-state index in [1.54, 1.807) is 16.9 Å². The number of halogens is 3. The normalized spacial score (nSPS) is 12.3. The molecule has 2 N–H and O–H groups in total. The molecule has 0 aliphatic heterocycles. The standard InChI is InChI=1S/C13H17F3N6O2S/c1-10-2-6-22(21-10)12-8-11(18-9-19-12)17-4-5-20-25(23,24)7-3-13(14,15)16/h2,6,8-9,20H,3-5,7H2,1H3,(H,17,18,19). The predicted octanol–water partition coefficient (Wildman–Crippen LogP) is 1.25. The van der Waals surface area contributed by atoms with Gasteiger partial charge in [-0.25, -0.2) is 27.8 Å². The van der Waals surface area contributed by atoms with E-state index in [-0.39, 0.29) is 13.1 Å². The number of alkyl halides is 3. The molecule has 0 saturated heterocycles. The third-order valence-electron chi connectivity index (χ3n) is 3.02. The highest BCUT2D eigenvalue weighted by Crippen LogP contribution is 2.19. The average Bonchev–Trinajstić information content (AvgIpc) is 2.96. The van der Waals surface area contributed by atoms with Crippen molar-refractivity contribution in [3.8, 4) is 5.82 Å². The Kier molecular flexibility index (Phi) is 5.95. The van der Waals surface area contributed by atoms with Crippen LogP contribution in [-0.4, -0.2) is 53.2 Å². The summed E-state index contributed by atoms with van der Waals surface area (Å²) in [5.41, 5.74) is 0.821. The van der Waals surface area contributed by atoms with Gasteiger partial charge in [0.1, 0.15) is 12.1 Å². The van der Waals surface area contributed by atoms with E-state index in [0.717, 1.165) is 5.69 Å². The van der Waals surface area contributed by atoms with Gasteiger partial charge < -0.3 is 5.32 Å². The molecule has 12 heteroatoms. The summed E-state index contributed by atoms with van der Waals surface area (Å²) < 4.78 is 62.7. The molecule has 0 bridgehead atoms. The second kappa shape index (κ2) is 7.78. The maximum atomic E-state index is 12.0. The molecule has 0 atom stereocenters. The molecule has 25 heavy (non-hydrogen) atoms. The molecule has 0 radical (unpaired) electrons. The minimum absolute atomic E-state index is 0.0690. The van der Waals surface area contributed by atoms with Gasteiger partial charge in [0.25, 0.3) is 0 Å². The number of hydrogen-bond donors (Lipinski definition) is 2. The lowest BCUT2D eigenvalue weighted by molar-refractivity contribution is -0.129. The van der Waals surface area contributed by atoms with Crippen molar-refractivity contribution in [1.29, 1.82) is 0 Å². The minimum atomic E-state index is -4.50. The summed E-state index contributed by atoms with van der Waals surface area (Å²) in [7, 11) is -3.97. The molecule has 2 aromatic heterocycles. The molecule has 8 nitrogen and oxygen atoms in total. The average molecular weight is 378 g/mol. The Hall–Kier alpha value is -2.21. The van der Waals surface area contributed by atoms with E-state index in [1.807, 2.05) is 13.0 Å². The highest BCUT2D eigenvalue weighted by atomic mass is 32.2. The zero-order valence-corrected chi connectivity index (χ0v) is 14.1. The summed E-state index contributed by atoms with van der Waals surface area (Å²) >= 11 is 0. The van der Waals surface area contributed by atoms with E-state index in [2.05, 4.69) is 25.1 Å². The van der Waals surface area contributed by atoms with Gasteiger partial charge in [0.05, 0.1) is 17.9 Å². The lowest BCUT2D eigenvalue weighted by atomic mass is 10.5. The molecule has 0 fully saturated rings. The number of nitrogens with one attached hydrogen (secondary N) is 2. The topological polar surface area (TPSA) is 102 Å². The Morgan fingerprint density at radius 3 is 2.64 bits per heavy atom. The van der Waals surface area contributed by atoms with E-state index < -0.39 is 28.4 Å². The molecule has 0 aromatic carbocycles. The lowest BCUT2D eigenvalue weighted by Crippen LogP contribution is -2.32. The minimum Gasteiger partial charge on any atom is -0.369 e. The molecule has 0 spiro atoms. The Balaban J connectivity index is 1.82. The number of sulfonamides is 1. The highest BCUT2D eigenvalue weighted by molar-refractivity contribution is 7.89. The van der Waals surface area contributed by atoms with Gasteiger partial charge in [0.2, 0.25) is 10.0 Å². The van der Waals surface area contributed by atoms with Crippen LogP contribution < -0.4 is 10.0 Å². The van der Waals surface area contributed by atoms with Gasteiger partial charge in [-0.3, -0.25) is 0 Å². The molecule has 0 aliphatic rings. The van der Waals surface area contributed by atoms with E-state index in [0.29, 0.717) is 11.6 Å². The first-order chi connectivity index (χ1) is 11.6. The third kappa shape index (κ3) is 6.66. The van der Waals surface area contributed by atoms with Crippen molar-refractivity contribution in [2.75, 3.05) is 24.2 Å². The van der Waals surface area contributed by atoms with Crippen LogP contribution in [0, 0.1) is 6.92 Å². The second-order valence-electron chi connectivity index (χ2n) is 5.17. The largest absolute Gasteiger partial charge is 0.390 e. The van der Waals surface area contributed by atoms with Crippen molar-refractivity contribution in [2.45, 2.75) is 19.5 Å². The molecule has 2 heterocycles. The fourth-order valence-electron chi connectivity index (χ4n) is 1.83. The summed E-state index contributed by atoms with van der Waals surface area (Å²) in [6.45, 7) is 1.92. The first-order valence-electron chi connectivity index (χ1n) is 7.27. The fraction of sp³-hybridized carbons (Fsp3) is 0.462. The Labute approximate surface area is 142 Å². The molecule has 0 aliphatic carbocycles. The third-order valence-corrected chi connectivity index (χ3v) is 4.40. The number of nitrogens with zero attached hydrogens (tertiary/aromatic N) is 4. The summed E-state index contributed by atoms with van der Waals surface area (Å²) in [4.78, 5) is 8.05. The Morgan fingerprint density at radius 2 is 2.00 bits per heavy atom. The number of rotatable bonds is 8. The van der Waals surface area contributed by atoms with Crippen LogP contribution in [0.4, 0.5) is 19.0 Å². The Bertz CT molecular complexity index is 806. The predicted molar refractivity (Wildman–Crippen MR) is 84.8 cm³/mol. The molecule has 2 aromatic rings.